The summed E-state index contributed by atoms with van der Waals surface area (Å²) in [5, 5.41) is 3.14. The molecule has 0 saturated heterocycles. The second-order valence-corrected chi connectivity index (χ2v) is 6.02. The number of hydrogen-bond donors (Lipinski definition) is 0. The molecule has 3 aromatic rings. The smallest absolute Gasteiger partial charge is 0.126 e. The van der Waals surface area contributed by atoms with Gasteiger partial charge in [0.1, 0.15) is 11.3 Å². The zero-order chi connectivity index (χ0) is 14.7. The fraction of sp³-hybridized carbons (Fsp3) is 0.235. The molecular weight excluding hydrogens is 280 g/mol. The quantitative estimate of drug-likeness (QED) is 0.689. The van der Waals surface area contributed by atoms with Gasteiger partial charge in [-0.15, -0.1) is 11.3 Å². The Hall–Kier alpha value is -1.91. The van der Waals surface area contributed by atoms with Crippen LogP contribution < -0.4 is 0 Å². The van der Waals surface area contributed by atoms with Crippen LogP contribution in [0.5, 0.6) is 0 Å². The third-order valence-corrected chi connectivity index (χ3v) is 4.61. The zero-order valence-electron chi connectivity index (χ0n) is 12.2. The maximum absolute atomic E-state index is 5.11. The highest BCUT2D eigenvalue weighted by Gasteiger charge is 2.13. The molecule has 108 valence electrons. The average Bonchev–Trinajstić information content (AvgIpc) is 3.18. The van der Waals surface area contributed by atoms with E-state index < -0.39 is 0 Å². The summed E-state index contributed by atoms with van der Waals surface area (Å²) in [7, 11) is 2.13. The molecule has 0 saturated carbocycles. The van der Waals surface area contributed by atoms with Gasteiger partial charge < -0.3 is 4.42 Å². The van der Waals surface area contributed by atoms with Crippen LogP contribution in [-0.4, -0.2) is 16.9 Å². The van der Waals surface area contributed by atoms with Gasteiger partial charge >= 0.3 is 0 Å². The first-order chi connectivity index (χ1) is 10.2. The van der Waals surface area contributed by atoms with E-state index in [-0.39, 0.29) is 0 Å². The van der Waals surface area contributed by atoms with E-state index in [9.17, 15) is 0 Å². The molecule has 2 heterocycles. The molecule has 0 aliphatic carbocycles. The minimum Gasteiger partial charge on any atom is -0.472 e. The van der Waals surface area contributed by atoms with E-state index in [1.165, 1.54) is 5.56 Å². The lowest BCUT2D eigenvalue weighted by molar-refractivity contribution is 0.250. The Kier molecular flexibility index (Phi) is 4.18. The summed E-state index contributed by atoms with van der Waals surface area (Å²) >= 11 is 1.66. The van der Waals surface area contributed by atoms with Gasteiger partial charge in [0.2, 0.25) is 0 Å². The summed E-state index contributed by atoms with van der Waals surface area (Å²) < 4.78 is 5.11. The fourth-order valence-corrected chi connectivity index (χ4v) is 3.07. The molecule has 1 unspecified atom stereocenters. The second-order valence-electron chi connectivity index (χ2n) is 5.16. The van der Waals surface area contributed by atoms with Crippen molar-refractivity contribution in [3.63, 3.8) is 0 Å². The van der Waals surface area contributed by atoms with Crippen LogP contribution in [0.3, 0.4) is 0 Å². The number of aromatic nitrogens is 1. The van der Waals surface area contributed by atoms with Gasteiger partial charge in [0, 0.05) is 23.5 Å². The Morgan fingerprint density at radius 1 is 1.24 bits per heavy atom. The number of nitrogens with zero attached hydrogens (tertiary/aromatic N) is 2. The summed E-state index contributed by atoms with van der Waals surface area (Å²) in [6.45, 7) is 3.06. The normalized spacial score (nSPS) is 12.7. The van der Waals surface area contributed by atoms with Crippen molar-refractivity contribution in [3.8, 4) is 10.6 Å². The molecule has 0 radical (unpaired) electrons. The van der Waals surface area contributed by atoms with E-state index in [0.29, 0.717) is 6.04 Å². The molecule has 0 N–H and O–H groups in total. The topological polar surface area (TPSA) is 29.3 Å². The first kappa shape index (κ1) is 14.0. The highest BCUT2D eigenvalue weighted by molar-refractivity contribution is 7.13. The van der Waals surface area contributed by atoms with Crippen molar-refractivity contribution in [2.24, 2.45) is 0 Å². The van der Waals surface area contributed by atoms with Gasteiger partial charge in [0.05, 0.1) is 12.0 Å². The molecule has 2 aromatic heterocycles. The minimum absolute atomic E-state index is 0.366. The fourth-order valence-electron chi connectivity index (χ4n) is 2.28. The second kappa shape index (κ2) is 6.24. The number of thiazole rings is 1. The molecule has 1 atom stereocenters. The molecule has 1 aromatic carbocycles. The summed E-state index contributed by atoms with van der Waals surface area (Å²) in [6.07, 6.45) is 3.42. The van der Waals surface area contributed by atoms with Crippen LogP contribution in [0.25, 0.3) is 10.6 Å². The SMILES string of the molecule is CC(c1ccccc1)N(C)Cc1csc(-c2ccoc2)n1. The largest absolute Gasteiger partial charge is 0.472 e. The molecule has 0 aliphatic rings. The lowest BCUT2D eigenvalue weighted by Gasteiger charge is -2.24. The van der Waals surface area contributed by atoms with Crippen LogP contribution in [0, 0.1) is 0 Å². The maximum atomic E-state index is 5.11. The third-order valence-electron chi connectivity index (χ3n) is 3.67. The molecule has 3 rings (SSSR count). The van der Waals surface area contributed by atoms with Gasteiger partial charge in [-0.3, -0.25) is 4.90 Å². The highest BCUT2D eigenvalue weighted by Crippen LogP contribution is 2.26. The predicted octanol–water partition coefficient (Wildman–Crippen LogP) is 4.60. The number of benzene rings is 1. The van der Waals surface area contributed by atoms with E-state index in [1.807, 2.05) is 12.1 Å². The lowest BCUT2D eigenvalue weighted by atomic mass is 10.1. The van der Waals surface area contributed by atoms with Crippen molar-refractivity contribution in [1.82, 2.24) is 9.88 Å². The molecule has 0 aliphatic heterocycles. The van der Waals surface area contributed by atoms with Crippen molar-refractivity contribution in [2.75, 3.05) is 7.05 Å². The number of furan rings is 1. The van der Waals surface area contributed by atoms with E-state index in [1.54, 1.807) is 23.9 Å². The molecular formula is C17H18N2OS. The first-order valence-electron chi connectivity index (χ1n) is 6.96. The maximum Gasteiger partial charge on any atom is 0.126 e. The van der Waals surface area contributed by atoms with E-state index in [2.05, 4.69) is 53.5 Å². The van der Waals surface area contributed by atoms with Crippen LogP contribution in [0.4, 0.5) is 0 Å². The summed E-state index contributed by atoms with van der Waals surface area (Å²) in [5.41, 5.74) is 3.47. The molecule has 4 heteroatoms. The Morgan fingerprint density at radius 3 is 2.76 bits per heavy atom. The van der Waals surface area contributed by atoms with Gasteiger partial charge in [-0.1, -0.05) is 30.3 Å². The molecule has 0 amide bonds. The van der Waals surface area contributed by atoms with Gasteiger partial charge in [-0.05, 0) is 25.6 Å². The van der Waals surface area contributed by atoms with Gasteiger partial charge in [-0.25, -0.2) is 4.98 Å². The Bertz CT molecular complexity index is 676. The van der Waals surface area contributed by atoms with Gasteiger partial charge in [0.25, 0.3) is 0 Å². The van der Waals surface area contributed by atoms with E-state index in [0.717, 1.165) is 22.8 Å². The Morgan fingerprint density at radius 2 is 2.05 bits per heavy atom. The Labute approximate surface area is 128 Å². The van der Waals surface area contributed by atoms with Gasteiger partial charge in [0.15, 0.2) is 0 Å². The molecule has 0 fully saturated rings. The predicted molar refractivity (Wildman–Crippen MR) is 86.1 cm³/mol. The van der Waals surface area contributed by atoms with Crippen molar-refractivity contribution in [3.05, 3.63) is 65.6 Å². The number of hydrogen-bond acceptors (Lipinski definition) is 4. The number of rotatable bonds is 5. The average molecular weight is 298 g/mol. The highest BCUT2D eigenvalue weighted by atomic mass is 32.1. The summed E-state index contributed by atoms with van der Waals surface area (Å²) in [5.74, 6) is 0. The Balaban J connectivity index is 1.69. The van der Waals surface area contributed by atoms with Crippen LogP contribution >= 0.6 is 11.3 Å². The van der Waals surface area contributed by atoms with E-state index >= 15 is 0 Å². The first-order valence-corrected chi connectivity index (χ1v) is 7.84. The molecule has 3 nitrogen and oxygen atoms in total. The molecule has 21 heavy (non-hydrogen) atoms. The van der Waals surface area contributed by atoms with Crippen molar-refractivity contribution < 1.29 is 4.42 Å². The summed E-state index contributed by atoms with van der Waals surface area (Å²) in [4.78, 5) is 6.99. The standard InChI is InChI=1S/C17H18N2OS/c1-13(14-6-4-3-5-7-14)19(2)10-16-12-21-17(18-16)15-8-9-20-11-15/h3-9,11-13H,10H2,1-2H3. The van der Waals surface area contributed by atoms with E-state index in [4.69, 9.17) is 4.42 Å². The van der Waals surface area contributed by atoms with Crippen molar-refractivity contribution in [1.29, 1.82) is 0 Å². The third kappa shape index (κ3) is 3.23. The van der Waals surface area contributed by atoms with Gasteiger partial charge in [-0.2, -0.15) is 0 Å². The zero-order valence-corrected chi connectivity index (χ0v) is 13.0. The van der Waals surface area contributed by atoms with Crippen molar-refractivity contribution >= 4 is 11.3 Å². The molecule has 0 bridgehead atoms. The van der Waals surface area contributed by atoms with Crippen LogP contribution in [0.15, 0.2) is 58.7 Å². The van der Waals surface area contributed by atoms with Crippen molar-refractivity contribution in [2.45, 2.75) is 19.5 Å². The van der Waals surface area contributed by atoms with Crippen LogP contribution in [-0.2, 0) is 6.54 Å². The monoisotopic (exact) mass is 298 g/mol. The minimum atomic E-state index is 0.366. The lowest BCUT2D eigenvalue weighted by Crippen LogP contribution is -2.22. The molecule has 0 spiro atoms. The van der Waals surface area contributed by atoms with Crippen LogP contribution in [0.1, 0.15) is 24.2 Å². The summed E-state index contributed by atoms with van der Waals surface area (Å²) in [6, 6.07) is 12.9. The van der Waals surface area contributed by atoms with Crippen LogP contribution in [0.2, 0.25) is 0 Å².